The molecule has 1 aromatic heterocycles. The van der Waals surface area contributed by atoms with Gasteiger partial charge in [-0.25, -0.2) is 4.98 Å². The van der Waals surface area contributed by atoms with E-state index in [-0.39, 0.29) is 0 Å². The summed E-state index contributed by atoms with van der Waals surface area (Å²) in [6.07, 6.45) is 5.12. The van der Waals surface area contributed by atoms with E-state index in [9.17, 15) is 0 Å². The van der Waals surface area contributed by atoms with Crippen molar-refractivity contribution in [1.82, 2.24) is 15.3 Å². The fourth-order valence-corrected chi connectivity index (χ4v) is 3.58. The largest absolute Gasteiger partial charge is 0.368 e. The topological polar surface area (TPSA) is 67.1 Å². The maximum absolute atomic E-state index is 5.89. The Balaban J connectivity index is 1.58. The lowest BCUT2D eigenvalue weighted by atomic mass is 9.83. The van der Waals surface area contributed by atoms with Crippen molar-refractivity contribution in [2.75, 3.05) is 30.3 Å². The molecule has 5 nitrogen and oxygen atoms in total. The summed E-state index contributed by atoms with van der Waals surface area (Å²) in [7, 11) is 0. The van der Waals surface area contributed by atoms with Crippen molar-refractivity contribution in [3.05, 3.63) is 11.8 Å². The van der Waals surface area contributed by atoms with Gasteiger partial charge in [-0.15, -0.1) is 0 Å². The van der Waals surface area contributed by atoms with Crippen LogP contribution in [0.15, 0.2) is 6.07 Å². The number of hydrogen-bond acceptors (Lipinski definition) is 5. The van der Waals surface area contributed by atoms with Crippen LogP contribution < -0.4 is 16.0 Å². The molecule has 2 atom stereocenters. The minimum Gasteiger partial charge on any atom is -0.368 e. The van der Waals surface area contributed by atoms with Crippen LogP contribution in [-0.4, -0.2) is 35.6 Å². The molecule has 0 amide bonds. The van der Waals surface area contributed by atoms with Crippen molar-refractivity contribution in [2.24, 2.45) is 5.92 Å². The second-order valence-corrected chi connectivity index (χ2v) is 6.15. The summed E-state index contributed by atoms with van der Waals surface area (Å²) in [6, 6.07) is 2.81. The first-order valence-electron chi connectivity index (χ1n) is 7.42. The Hall–Kier alpha value is -1.36. The van der Waals surface area contributed by atoms with Gasteiger partial charge < -0.3 is 16.0 Å². The van der Waals surface area contributed by atoms with Crippen LogP contribution in [0.2, 0.25) is 0 Å². The molecular formula is C14H21N5. The molecule has 5 heteroatoms. The molecule has 0 unspecified atom stereocenters. The Kier molecular flexibility index (Phi) is 2.62. The molecule has 3 N–H and O–H groups in total. The van der Waals surface area contributed by atoms with Gasteiger partial charge in [-0.2, -0.15) is 4.98 Å². The Morgan fingerprint density at radius 3 is 2.84 bits per heavy atom. The molecule has 0 bridgehead atoms. The van der Waals surface area contributed by atoms with Gasteiger partial charge in [0, 0.05) is 31.1 Å². The lowest BCUT2D eigenvalue weighted by Crippen LogP contribution is -2.30. The van der Waals surface area contributed by atoms with Gasteiger partial charge in [0.1, 0.15) is 5.82 Å². The van der Waals surface area contributed by atoms with Crippen LogP contribution in [0.3, 0.4) is 0 Å². The summed E-state index contributed by atoms with van der Waals surface area (Å²) in [4.78, 5) is 11.2. The van der Waals surface area contributed by atoms with Gasteiger partial charge in [0.2, 0.25) is 5.95 Å². The zero-order valence-corrected chi connectivity index (χ0v) is 11.2. The lowest BCUT2D eigenvalue weighted by Gasteiger charge is -2.26. The molecule has 0 aromatic carbocycles. The average Bonchev–Trinajstić information content (AvgIpc) is 2.85. The number of nitrogens with one attached hydrogen (secondary N) is 1. The zero-order chi connectivity index (χ0) is 12.8. The van der Waals surface area contributed by atoms with Crippen molar-refractivity contribution in [3.63, 3.8) is 0 Å². The van der Waals surface area contributed by atoms with Gasteiger partial charge in [-0.05, 0) is 31.7 Å². The fourth-order valence-electron chi connectivity index (χ4n) is 3.58. The van der Waals surface area contributed by atoms with Gasteiger partial charge in [-0.3, -0.25) is 0 Å². The second-order valence-electron chi connectivity index (χ2n) is 6.15. The first kappa shape index (κ1) is 11.5. The fraction of sp³-hybridized carbons (Fsp3) is 0.714. The molecule has 0 spiro atoms. The number of anilines is 2. The first-order valence-corrected chi connectivity index (χ1v) is 7.42. The molecule has 102 valence electrons. The SMILES string of the molecule is Nc1nc(C2CCC2)cc(N2C[C@H]3CCN[C@H]3C2)n1. The van der Waals surface area contributed by atoms with E-state index in [0.717, 1.165) is 30.5 Å². The maximum Gasteiger partial charge on any atom is 0.222 e. The zero-order valence-electron chi connectivity index (χ0n) is 11.2. The quantitative estimate of drug-likeness (QED) is 0.833. The van der Waals surface area contributed by atoms with Gasteiger partial charge >= 0.3 is 0 Å². The van der Waals surface area contributed by atoms with Crippen LogP contribution in [0.1, 0.15) is 37.3 Å². The molecule has 3 heterocycles. The smallest absolute Gasteiger partial charge is 0.222 e. The molecule has 3 fully saturated rings. The van der Waals surface area contributed by atoms with E-state index in [4.69, 9.17) is 5.73 Å². The summed E-state index contributed by atoms with van der Waals surface area (Å²) < 4.78 is 0. The van der Waals surface area contributed by atoms with Gasteiger partial charge in [-0.1, -0.05) is 6.42 Å². The molecule has 19 heavy (non-hydrogen) atoms. The molecule has 2 aliphatic heterocycles. The van der Waals surface area contributed by atoms with Crippen LogP contribution in [0, 0.1) is 5.92 Å². The molecular weight excluding hydrogens is 238 g/mol. The molecule has 1 saturated carbocycles. The van der Waals surface area contributed by atoms with Crippen molar-refractivity contribution >= 4 is 11.8 Å². The first-order chi connectivity index (χ1) is 9.29. The highest BCUT2D eigenvalue weighted by Crippen LogP contribution is 2.37. The highest BCUT2D eigenvalue weighted by Gasteiger charge is 2.36. The van der Waals surface area contributed by atoms with Crippen molar-refractivity contribution in [1.29, 1.82) is 0 Å². The molecule has 4 rings (SSSR count). The highest BCUT2D eigenvalue weighted by molar-refractivity contribution is 5.46. The summed E-state index contributed by atoms with van der Waals surface area (Å²) in [5.74, 6) is 2.86. The Labute approximate surface area is 113 Å². The minimum absolute atomic E-state index is 0.435. The molecule has 0 radical (unpaired) electrons. The third kappa shape index (κ3) is 1.96. The molecule has 2 saturated heterocycles. The number of rotatable bonds is 2. The molecule has 1 aromatic rings. The van der Waals surface area contributed by atoms with Gasteiger partial charge in [0.15, 0.2) is 0 Å². The van der Waals surface area contributed by atoms with E-state index in [1.54, 1.807) is 0 Å². The Morgan fingerprint density at radius 2 is 2.11 bits per heavy atom. The summed E-state index contributed by atoms with van der Waals surface area (Å²) in [5.41, 5.74) is 7.05. The van der Waals surface area contributed by atoms with E-state index in [2.05, 4.69) is 26.3 Å². The summed E-state index contributed by atoms with van der Waals surface area (Å²) >= 11 is 0. The molecule has 3 aliphatic rings. The number of fused-ring (bicyclic) bond motifs is 1. The third-order valence-electron chi connectivity index (χ3n) is 4.96. The summed E-state index contributed by atoms with van der Waals surface area (Å²) in [5, 5.41) is 3.58. The number of nitrogens with zero attached hydrogens (tertiary/aromatic N) is 3. The Morgan fingerprint density at radius 1 is 1.21 bits per heavy atom. The van der Waals surface area contributed by atoms with E-state index in [1.807, 2.05) is 0 Å². The van der Waals surface area contributed by atoms with Gasteiger partial charge in [0.25, 0.3) is 0 Å². The van der Waals surface area contributed by atoms with Crippen LogP contribution in [0.4, 0.5) is 11.8 Å². The van der Waals surface area contributed by atoms with Crippen molar-refractivity contribution < 1.29 is 0 Å². The van der Waals surface area contributed by atoms with Crippen LogP contribution in [-0.2, 0) is 0 Å². The van der Waals surface area contributed by atoms with Crippen molar-refractivity contribution in [3.8, 4) is 0 Å². The maximum atomic E-state index is 5.89. The molecule has 1 aliphatic carbocycles. The average molecular weight is 259 g/mol. The van der Waals surface area contributed by atoms with E-state index in [0.29, 0.717) is 17.9 Å². The summed E-state index contributed by atoms with van der Waals surface area (Å²) in [6.45, 7) is 3.34. The van der Waals surface area contributed by atoms with Crippen molar-refractivity contribution in [2.45, 2.75) is 37.6 Å². The highest BCUT2D eigenvalue weighted by atomic mass is 15.3. The number of nitrogens with two attached hydrogens (primary N) is 1. The van der Waals surface area contributed by atoms with Crippen LogP contribution in [0.5, 0.6) is 0 Å². The monoisotopic (exact) mass is 259 g/mol. The Bertz CT molecular complexity index is 473. The number of aromatic nitrogens is 2. The predicted molar refractivity (Wildman–Crippen MR) is 75.1 cm³/mol. The number of hydrogen-bond donors (Lipinski definition) is 2. The standard InChI is InChI=1S/C14H21N5/c15-14-17-11(9-2-1-3-9)6-13(18-14)19-7-10-4-5-16-12(10)8-19/h6,9-10,12,16H,1-5,7-8H2,(H2,15,17,18)/t10-,12+/m1/s1. The van der Waals surface area contributed by atoms with E-state index in [1.165, 1.54) is 32.2 Å². The van der Waals surface area contributed by atoms with Crippen LogP contribution >= 0.6 is 0 Å². The minimum atomic E-state index is 0.435. The second kappa shape index (κ2) is 4.34. The predicted octanol–water partition coefficient (Wildman–Crippen LogP) is 1.12. The third-order valence-corrected chi connectivity index (χ3v) is 4.96. The lowest BCUT2D eigenvalue weighted by molar-refractivity contribution is 0.411. The van der Waals surface area contributed by atoms with E-state index < -0.39 is 0 Å². The van der Waals surface area contributed by atoms with E-state index >= 15 is 0 Å². The van der Waals surface area contributed by atoms with Crippen LogP contribution in [0.25, 0.3) is 0 Å². The number of nitrogen functional groups attached to an aromatic ring is 1. The van der Waals surface area contributed by atoms with Gasteiger partial charge in [0.05, 0.1) is 5.69 Å². The normalized spacial score (nSPS) is 30.4.